The standard InChI is InChI=1S/C19H29N5.HI/c1-4-21-19(22-9-6-11-24-12-10-20-15-24)23-14-17(3)18-8-5-7-16(2)13-18;/h5,7-8,10,12-13,15,17H,4,6,9,11,14H2,1-3H3,(H2,21,22,23);1H. The molecule has 2 aromatic rings. The average Bonchev–Trinajstić information content (AvgIpc) is 3.09. The summed E-state index contributed by atoms with van der Waals surface area (Å²) < 4.78 is 2.09. The van der Waals surface area contributed by atoms with Gasteiger partial charge in [-0.2, -0.15) is 0 Å². The Balaban J connectivity index is 0.00000312. The van der Waals surface area contributed by atoms with Crippen LogP contribution >= 0.6 is 24.0 Å². The van der Waals surface area contributed by atoms with Crippen molar-refractivity contribution in [2.24, 2.45) is 4.99 Å². The van der Waals surface area contributed by atoms with Gasteiger partial charge in [-0.15, -0.1) is 24.0 Å². The number of aromatic nitrogens is 2. The summed E-state index contributed by atoms with van der Waals surface area (Å²) >= 11 is 0. The Bertz CT molecular complexity index is 625. The molecular formula is C19H30IN5. The van der Waals surface area contributed by atoms with Gasteiger partial charge in [0, 0.05) is 44.5 Å². The quantitative estimate of drug-likeness (QED) is 0.277. The second-order valence-corrected chi connectivity index (χ2v) is 6.12. The highest BCUT2D eigenvalue weighted by molar-refractivity contribution is 14.0. The number of nitrogens with zero attached hydrogens (tertiary/aromatic N) is 3. The topological polar surface area (TPSA) is 54.2 Å². The number of imidazole rings is 1. The van der Waals surface area contributed by atoms with Crippen LogP contribution in [0.2, 0.25) is 0 Å². The van der Waals surface area contributed by atoms with Crippen molar-refractivity contribution < 1.29 is 0 Å². The monoisotopic (exact) mass is 455 g/mol. The van der Waals surface area contributed by atoms with Crippen LogP contribution in [0.25, 0.3) is 0 Å². The third-order valence-corrected chi connectivity index (χ3v) is 3.92. The molecular weight excluding hydrogens is 425 g/mol. The average molecular weight is 455 g/mol. The van der Waals surface area contributed by atoms with E-state index in [-0.39, 0.29) is 24.0 Å². The van der Waals surface area contributed by atoms with Crippen LogP contribution in [-0.2, 0) is 6.54 Å². The van der Waals surface area contributed by atoms with Gasteiger partial charge in [0.2, 0.25) is 0 Å². The molecule has 0 saturated carbocycles. The largest absolute Gasteiger partial charge is 0.357 e. The number of aryl methyl sites for hydroxylation is 2. The Morgan fingerprint density at radius 1 is 1.32 bits per heavy atom. The molecule has 1 aromatic heterocycles. The van der Waals surface area contributed by atoms with E-state index in [1.54, 1.807) is 0 Å². The minimum absolute atomic E-state index is 0. The molecule has 1 atom stereocenters. The Kier molecular flexibility index (Phi) is 10.2. The predicted molar refractivity (Wildman–Crippen MR) is 116 cm³/mol. The highest BCUT2D eigenvalue weighted by Gasteiger charge is 2.05. The first kappa shape index (κ1) is 21.5. The number of aliphatic imine (C=N–C) groups is 1. The van der Waals surface area contributed by atoms with Crippen molar-refractivity contribution >= 4 is 29.9 Å². The molecule has 0 saturated heterocycles. The lowest BCUT2D eigenvalue weighted by Crippen LogP contribution is -2.38. The summed E-state index contributed by atoms with van der Waals surface area (Å²) in [5, 5.41) is 6.72. The van der Waals surface area contributed by atoms with Crippen LogP contribution in [0, 0.1) is 6.92 Å². The lowest BCUT2D eigenvalue weighted by Gasteiger charge is -2.14. The third kappa shape index (κ3) is 7.90. The number of hydrogen-bond donors (Lipinski definition) is 2. The molecule has 0 aliphatic rings. The first-order valence-corrected chi connectivity index (χ1v) is 8.73. The zero-order chi connectivity index (χ0) is 17.2. The van der Waals surface area contributed by atoms with Gasteiger partial charge in [0.15, 0.2) is 5.96 Å². The summed E-state index contributed by atoms with van der Waals surface area (Å²) in [6.45, 7) is 9.94. The van der Waals surface area contributed by atoms with Gasteiger partial charge in [-0.3, -0.25) is 4.99 Å². The van der Waals surface area contributed by atoms with Crippen LogP contribution in [0.4, 0.5) is 0 Å². The van der Waals surface area contributed by atoms with Crippen molar-refractivity contribution in [3.05, 3.63) is 54.1 Å². The van der Waals surface area contributed by atoms with E-state index in [4.69, 9.17) is 4.99 Å². The molecule has 0 amide bonds. The van der Waals surface area contributed by atoms with Crippen LogP contribution in [-0.4, -0.2) is 35.1 Å². The summed E-state index contributed by atoms with van der Waals surface area (Å²) in [7, 11) is 0. The maximum atomic E-state index is 4.73. The zero-order valence-electron chi connectivity index (χ0n) is 15.4. The number of benzene rings is 1. The molecule has 0 bridgehead atoms. The van der Waals surface area contributed by atoms with E-state index in [9.17, 15) is 0 Å². The molecule has 6 heteroatoms. The Morgan fingerprint density at radius 3 is 2.84 bits per heavy atom. The second kappa shape index (κ2) is 11.9. The third-order valence-electron chi connectivity index (χ3n) is 3.92. The fourth-order valence-corrected chi connectivity index (χ4v) is 2.54. The highest BCUT2D eigenvalue weighted by Crippen LogP contribution is 2.16. The number of hydrogen-bond acceptors (Lipinski definition) is 2. The van der Waals surface area contributed by atoms with Crippen molar-refractivity contribution in [2.75, 3.05) is 19.6 Å². The van der Waals surface area contributed by atoms with E-state index >= 15 is 0 Å². The molecule has 1 unspecified atom stereocenters. The van der Waals surface area contributed by atoms with Crippen molar-refractivity contribution in [3.8, 4) is 0 Å². The lowest BCUT2D eigenvalue weighted by molar-refractivity contribution is 0.623. The van der Waals surface area contributed by atoms with E-state index in [1.165, 1.54) is 11.1 Å². The van der Waals surface area contributed by atoms with Crippen molar-refractivity contribution in [1.29, 1.82) is 0 Å². The lowest BCUT2D eigenvalue weighted by atomic mass is 10.00. The first-order chi connectivity index (χ1) is 11.7. The van der Waals surface area contributed by atoms with Gasteiger partial charge < -0.3 is 15.2 Å². The summed E-state index contributed by atoms with van der Waals surface area (Å²) in [5.41, 5.74) is 2.64. The molecule has 2 rings (SSSR count). The van der Waals surface area contributed by atoms with E-state index in [2.05, 4.69) is 65.2 Å². The maximum Gasteiger partial charge on any atom is 0.191 e. The Hall–Kier alpha value is -1.57. The van der Waals surface area contributed by atoms with Crippen LogP contribution in [0.3, 0.4) is 0 Å². The molecule has 0 radical (unpaired) electrons. The van der Waals surface area contributed by atoms with Gasteiger partial charge in [-0.1, -0.05) is 36.8 Å². The van der Waals surface area contributed by atoms with Gasteiger partial charge in [0.05, 0.1) is 6.33 Å². The number of rotatable bonds is 8. The smallest absolute Gasteiger partial charge is 0.191 e. The number of halogens is 1. The Morgan fingerprint density at radius 2 is 2.16 bits per heavy atom. The molecule has 138 valence electrons. The number of guanidine groups is 1. The van der Waals surface area contributed by atoms with E-state index in [0.717, 1.165) is 38.6 Å². The molecule has 1 heterocycles. The molecule has 2 N–H and O–H groups in total. The van der Waals surface area contributed by atoms with Gasteiger partial charge in [-0.25, -0.2) is 4.98 Å². The SMILES string of the molecule is CCNC(=NCC(C)c1cccc(C)c1)NCCCn1ccnc1.I. The van der Waals surface area contributed by atoms with Gasteiger partial charge in [-0.05, 0) is 25.8 Å². The molecule has 25 heavy (non-hydrogen) atoms. The molecule has 0 aliphatic heterocycles. The fraction of sp³-hybridized carbons (Fsp3) is 0.474. The van der Waals surface area contributed by atoms with E-state index in [1.807, 2.05) is 18.7 Å². The summed E-state index contributed by atoms with van der Waals surface area (Å²) in [4.78, 5) is 8.78. The summed E-state index contributed by atoms with van der Waals surface area (Å²) in [5.74, 6) is 1.30. The summed E-state index contributed by atoms with van der Waals surface area (Å²) in [6, 6.07) is 8.67. The second-order valence-electron chi connectivity index (χ2n) is 6.12. The predicted octanol–water partition coefficient (Wildman–Crippen LogP) is 3.56. The minimum atomic E-state index is 0. The fourth-order valence-electron chi connectivity index (χ4n) is 2.54. The Labute approximate surface area is 168 Å². The zero-order valence-corrected chi connectivity index (χ0v) is 17.7. The molecule has 1 aromatic carbocycles. The van der Waals surface area contributed by atoms with Crippen LogP contribution in [0.5, 0.6) is 0 Å². The van der Waals surface area contributed by atoms with Gasteiger partial charge >= 0.3 is 0 Å². The van der Waals surface area contributed by atoms with Gasteiger partial charge in [0.1, 0.15) is 0 Å². The van der Waals surface area contributed by atoms with Crippen molar-refractivity contribution in [3.63, 3.8) is 0 Å². The summed E-state index contributed by atoms with van der Waals surface area (Å²) in [6.07, 6.45) is 6.69. The van der Waals surface area contributed by atoms with Crippen LogP contribution in [0.15, 0.2) is 48.0 Å². The normalized spacial score (nSPS) is 12.4. The first-order valence-electron chi connectivity index (χ1n) is 8.73. The van der Waals surface area contributed by atoms with E-state index in [0.29, 0.717) is 5.92 Å². The van der Waals surface area contributed by atoms with Crippen molar-refractivity contribution in [2.45, 2.75) is 39.7 Å². The maximum absolute atomic E-state index is 4.73. The molecule has 0 spiro atoms. The molecule has 0 aliphatic carbocycles. The van der Waals surface area contributed by atoms with Crippen LogP contribution < -0.4 is 10.6 Å². The van der Waals surface area contributed by atoms with Gasteiger partial charge in [0.25, 0.3) is 0 Å². The minimum Gasteiger partial charge on any atom is -0.357 e. The molecule has 0 fully saturated rings. The highest BCUT2D eigenvalue weighted by atomic mass is 127. The van der Waals surface area contributed by atoms with E-state index < -0.39 is 0 Å². The number of nitrogens with one attached hydrogen (secondary N) is 2. The van der Waals surface area contributed by atoms with Crippen LogP contribution in [0.1, 0.15) is 37.3 Å². The molecule has 5 nitrogen and oxygen atoms in total. The van der Waals surface area contributed by atoms with Crippen molar-refractivity contribution in [1.82, 2.24) is 20.2 Å².